The molecule has 3 unspecified atom stereocenters. The van der Waals surface area contributed by atoms with Gasteiger partial charge in [0.05, 0.1) is 6.61 Å². The van der Waals surface area contributed by atoms with Crippen LogP contribution in [0, 0.1) is 5.92 Å². The van der Waals surface area contributed by atoms with Gasteiger partial charge in [0, 0.05) is 41.4 Å². The molecule has 0 amide bonds. The lowest BCUT2D eigenvalue weighted by molar-refractivity contribution is 0.271. The summed E-state index contributed by atoms with van der Waals surface area (Å²) < 4.78 is 17.8. The summed E-state index contributed by atoms with van der Waals surface area (Å²) in [5.74, 6) is 2.99. The Labute approximate surface area is 166 Å². The Morgan fingerprint density at radius 2 is 2.04 bits per heavy atom. The molecule has 1 saturated carbocycles. The maximum absolute atomic E-state index is 12.1. The highest BCUT2D eigenvalue weighted by atomic mass is 32.2. The first-order chi connectivity index (χ1) is 13.0. The van der Waals surface area contributed by atoms with E-state index in [9.17, 15) is 4.21 Å². The summed E-state index contributed by atoms with van der Waals surface area (Å²) in [5.41, 5.74) is 1.18. The molecule has 5 nitrogen and oxygen atoms in total. The minimum atomic E-state index is -0.704. The molecule has 1 aromatic carbocycles. The molecule has 0 bridgehead atoms. The van der Waals surface area contributed by atoms with Crippen LogP contribution in [0.15, 0.2) is 29.3 Å². The molecule has 1 fully saturated rings. The van der Waals surface area contributed by atoms with E-state index in [1.54, 1.807) is 7.05 Å². The second-order valence-electron chi connectivity index (χ2n) is 7.57. The van der Waals surface area contributed by atoms with Gasteiger partial charge in [0.1, 0.15) is 5.75 Å². The maximum Gasteiger partial charge on any atom is 0.191 e. The van der Waals surface area contributed by atoms with Crippen LogP contribution < -0.4 is 15.4 Å². The summed E-state index contributed by atoms with van der Waals surface area (Å²) in [6.45, 7) is 7.74. The van der Waals surface area contributed by atoms with Crippen LogP contribution in [-0.4, -0.2) is 40.9 Å². The Morgan fingerprint density at radius 1 is 1.30 bits per heavy atom. The Kier molecular flexibility index (Phi) is 9.11. The normalized spacial score (nSPS) is 21.7. The van der Waals surface area contributed by atoms with Crippen LogP contribution in [0.5, 0.6) is 5.75 Å². The molecule has 3 atom stereocenters. The third kappa shape index (κ3) is 7.53. The van der Waals surface area contributed by atoms with Crippen LogP contribution >= 0.6 is 0 Å². The van der Waals surface area contributed by atoms with Gasteiger partial charge in [-0.05, 0) is 42.9 Å². The van der Waals surface area contributed by atoms with Gasteiger partial charge in [-0.2, -0.15) is 0 Å². The molecule has 0 aliphatic heterocycles. The van der Waals surface area contributed by atoms with Crippen LogP contribution in [0.4, 0.5) is 0 Å². The molecular weight excluding hydrogens is 358 g/mol. The maximum atomic E-state index is 12.1. The Balaban J connectivity index is 1.80. The van der Waals surface area contributed by atoms with Gasteiger partial charge in [-0.15, -0.1) is 0 Å². The van der Waals surface area contributed by atoms with Gasteiger partial charge in [-0.25, -0.2) is 0 Å². The van der Waals surface area contributed by atoms with E-state index in [0.717, 1.165) is 49.8 Å². The molecule has 2 rings (SSSR count). The predicted octanol–water partition coefficient (Wildman–Crippen LogP) is 3.47. The first-order valence-electron chi connectivity index (χ1n) is 10.1. The van der Waals surface area contributed by atoms with Crippen LogP contribution in [0.25, 0.3) is 0 Å². The number of nitrogens with zero attached hydrogens (tertiary/aromatic N) is 1. The first kappa shape index (κ1) is 21.7. The van der Waals surface area contributed by atoms with Gasteiger partial charge < -0.3 is 15.4 Å². The van der Waals surface area contributed by atoms with Crippen LogP contribution in [-0.2, 0) is 17.3 Å². The molecule has 1 aliphatic carbocycles. The van der Waals surface area contributed by atoms with Crippen molar-refractivity contribution in [2.24, 2.45) is 10.9 Å². The summed E-state index contributed by atoms with van der Waals surface area (Å²) in [5, 5.41) is 7.21. The summed E-state index contributed by atoms with van der Waals surface area (Å²) in [7, 11) is 1.09. The van der Waals surface area contributed by atoms with E-state index < -0.39 is 10.8 Å². The average Bonchev–Trinajstić information content (AvgIpc) is 2.69. The predicted molar refractivity (Wildman–Crippen MR) is 115 cm³/mol. The fraction of sp³-hybridized carbons (Fsp3) is 0.667. The number of benzene rings is 1. The van der Waals surface area contributed by atoms with Crippen LogP contribution in [0.1, 0.15) is 52.0 Å². The second kappa shape index (κ2) is 11.3. The molecule has 152 valence electrons. The first-order valence-corrected chi connectivity index (χ1v) is 11.5. The van der Waals surface area contributed by atoms with Crippen LogP contribution in [0.3, 0.4) is 0 Å². The Bertz CT molecular complexity index is 616. The molecule has 2 N–H and O–H groups in total. The van der Waals surface area contributed by atoms with Gasteiger partial charge in [0.2, 0.25) is 0 Å². The van der Waals surface area contributed by atoms with E-state index in [0.29, 0.717) is 23.8 Å². The van der Waals surface area contributed by atoms with Crippen LogP contribution in [0.2, 0.25) is 0 Å². The average molecular weight is 394 g/mol. The molecule has 1 aliphatic rings. The third-order valence-electron chi connectivity index (χ3n) is 4.81. The largest absolute Gasteiger partial charge is 0.493 e. The van der Waals surface area contributed by atoms with E-state index in [-0.39, 0.29) is 0 Å². The monoisotopic (exact) mass is 393 g/mol. The lowest BCUT2D eigenvalue weighted by Gasteiger charge is -2.30. The molecule has 0 radical (unpaired) electrons. The van der Waals surface area contributed by atoms with Crippen molar-refractivity contribution in [3.63, 3.8) is 0 Å². The molecule has 6 heteroatoms. The van der Waals surface area contributed by atoms with Gasteiger partial charge >= 0.3 is 0 Å². The number of nitrogens with one attached hydrogen (secondary N) is 2. The number of guanidine groups is 1. The van der Waals surface area contributed by atoms with Crippen molar-refractivity contribution in [3.05, 3.63) is 29.8 Å². The van der Waals surface area contributed by atoms with E-state index >= 15 is 0 Å². The molecule has 1 aromatic rings. The zero-order valence-corrected chi connectivity index (χ0v) is 18.0. The number of ether oxygens (including phenoxy) is 1. The third-order valence-corrected chi connectivity index (χ3v) is 6.55. The van der Waals surface area contributed by atoms with Crippen molar-refractivity contribution in [3.8, 4) is 5.75 Å². The smallest absolute Gasteiger partial charge is 0.191 e. The zero-order chi connectivity index (χ0) is 19.6. The highest BCUT2D eigenvalue weighted by molar-refractivity contribution is 7.85. The molecular formula is C21H35N3O2S. The summed E-state index contributed by atoms with van der Waals surface area (Å²) in [4.78, 5) is 4.35. The molecule has 0 heterocycles. The van der Waals surface area contributed by atoms with E-state index in [1.807, 2.05) is 19.1 Å². The minimum absolute atomic E-state index is 0.317. The van der Waals surface area contributed by atoms with Crippen molar-refractivity contribution < 1.29 is 8.95 Å². The lowest BCUT2D eigenvalue weighted by atomic mass is 9.95. The minimum Gasteiger partial charge on any atom is -0.493 e. The van der Waals surface area contributed by atoms with Crippen molar-refractivity contribution in [1.29, 1.82) is 0 Å². The van der Waals surface area contributed by atoms with Gasteiger partial charge in [0.15, 0.2) is 5.96 Å². The number of hydrogen-bond acceptors (Lipinski definition) is 3. The zero-order valence-electron chi connectivity index (χ0n) is 17.2. The quantitative estimate of drug-likeness (QED) is 0.524. The Morgan fingerprint density at radius 3 is 2.67 bits per heavy atom. The summed E-state index contributed by atoms with van der Waals surface area (Å²) >= 11 is 0. The lowest BCUT2D eigenvalue weighted by Crippen LogP contribution is -2.46. The van der Waals surface area contributed by atoms with Gasteiger partial charge in [0.25, 0.3) is 0 Å². The topological polar surface area (TPSA) is 62.7 Å². The van der Waals surface area contributed by atoms with Crippen molar-refractivity contribution >= 4 is 16.8 Å². The van der Waals surface area contributed by atoms with Crippen molar-refractivity contribution in [2.45, 2.75) is 64.3 Å². The van der Waals surface area contributed by atoms with E-state index in [2.05, 4.69) is 41.6 Å². The number of rotatable bonds is 8. The SMILES string of the molecule is CCS(=O)C1CCCC(NC(=NC)NCc2ccc(OCC(C)C)cc2)C1. The van der Waals surface area contributed by atoms with E-state index in [4.69, 9.17) is 4.74 Å². The summed E-state index contributed by atoms with van der Waals surface area (Å²) in [6, 6.07) is 8.54. The number of aliphatic imine (C=N–C) groups is 1. The molecule has 0 aromatic heterocycles. The molecule has 27 heavy (non-hydrogen) atoms. The Hall–Kier alpha value is -1.56. The summed E-state index contributed by atoms with van der Waals surface area (Å²) in [6.07, 6.45) is 4.28. The van der Waals surface area contributed by atoms with Gasteiger partial charge in [-0.3, -0.25) is 9.20 Å². The highest BCUT2D eigenvalue weighted by Gasteiger charge is 2.25. The fourth-order valence-electron chi connectivity index (χ4n) is 3.29. The fourth-order valence-corrected chi connectivity index (χ4v) is 4.64. The number of hydrogen-bond donors (Lipinski definition) is 2. The highest BCUT2D eigenvalue weighted by Crippen LogP contribution is 2.23. The molecule has 0 saturated heterocycles. The molecule has 0 spiro atoms. The van der Waals surface area contributed by atoms with Crippen molar-refractivity contribution in [2.75, 3.05) is 19.4 Å². The van der Waals surface area contributed by atoms with Gasteiger partial charge in [-0.1, -0.05) is 39.3 Å². The van der Waals surface area contributed by atoms with Crippen molar-refractivity contribution in [1.82, 2.24) is 10.6 Å². The second-order valence-corrected chi connectivity index (χ2v) is 9.58. The standard InChI is InChI=1S/C21H35N3O2S/c1-5-27(25)20-8-6-7-18(13-20)24-21(22-4)23-14-17-9-11-19(12-10-17)26-15-16(2)3/h9-12,16,18,20H,5-8,13-15H2,1-4H3,(H2,22,23,24). The van der Waals surface area contributed by atoms with E-state index in [1.165, 1.54) is 5.56 Å².